The third-order valence-corrected chi connectivity index (χ3v) is 6.62. The lowest BCUT2D eigenvalue weighted by atomic mass is 9.99. The average molecular weight is 401 g/mol. The predicted molar refractivity (Wildman–Crippen MR) is 109 cm³/mol. The van der Waals surface area contributed by atoms with Crippen molar-refractivity contribution >= 4 is 22.6 Å². The number of carbonyl (C=O) groups is 2. The average Bonchev–Trinajstić information content (AvgIpc) is 3.01. The highest BCUT2D eigenvalue weighted by molar-refractivity contribution is 7.86. The quantitative estimate of drug-likeness (QED) is 0.740. The number of fused-ring (bicyclic) bond motifs is 1. The van der Waals surface area contributed by atoms with Crippen LogP contribution in [0, 0.1) is 0 Å². The van der Waals surface area contributed by atoms with Crippen molar-refractivity contribution in [1.29, 1.82) is 0 Å². The molecule has 0 radical (unpaired) electrons. The van der Waals surface area contributed by atoms with E-state index in [4.69, 9.17) is 5.73 Å². The van der Waals surface area contributed by atoms with Crippen LogP contribution in [-0.2, 0) is 28.6 Å². The maximum absolute atomic E-state index is 12.6. The van der Waals surface area contributed by atoms with Crippen LogP contribution < -0.4 is 5.73 Å². The number of nitrogens with two attached hydrogens (primary N) is 1. The van der Waals surface area contributed by atoms with E-state index in [1.165, 1.54) is 16.7 Å². The molecule has 0 bridgehead atoms. The third kappa shape index (κ3) is 3.72. The van der Waals surface area contributed by atoms with Gasteiger partial charge in [0.1, 0.15) is 0 Å². The summed E-state index contributed by atoms with van der Waals surface area (Å²) in [7, 11) is -1.85. The van der Waals surface area contributed by atoms with Crippen LogP contribution in [0.1, 0.15) is 34.8 Å². The first-order chi connectivity index (χ1) is 13.3. The topological polar surface area (TPSA) is 101 Å². The van der Waals surface area contributed by atoms with Gasteiger partial charge in [0.2, 0.25) is 4.93 Å². The molecule has 2 atom stereocenters. The summed E-state index contributed by atoms with van der Waals surface area (Å²) < 4.78 is 11.7. The van der Waals surface area contributed by atoms with Crippen molar-refractivity contribution in [3.05, 3.63) is 59.2 Å². The smallest absolute Gasteiger partial charge is 0.262 e. The van der Waals surface area contributed by atoms with Gasteiger partial charge < -0.3 is 15.7 Å². The molecular formula is C21H24N2O4S. The number of hydrogen-bond acceptors (Lipinski definition) is 4. The first-order valence-corrected chi connectivity index (χ1v) is 10.7. The first kappa shape index (κ1) is 20.2. The summed E-state index contributed by atoms with van der Waals surface area (Å²) in [6.07, 6.45) is 2.03. The van der Waals surface area contributed by atoms with Crippen molar-refractivity contribution in [3.8, 4) is 11.1 Å². The minimum atomic E-state index is -2.14. The molecule has 148 valence electrons. The normalized spacial score (nSPS) is 16.5. The molecule has 1 aliphatic rings. The second kappa shape index (κ2) is 7.85. The Balaban J connectivity index is 1.77. The van der Waals surface area contributed by atoms with E-state index in [1.54, 1.807) is 6.07 Å². The summed E-state index contributed by atoms with van der Waals surface area (Å²) in [5.74, 6) is -1.22. The number of aliphatic hydroxyl groups is 1. The van der Waals surface area contributed by atoms with Gasteiger partial charge in [0.25, 0.3) is 11.8 Å². The van der Waals surface area contributed by atoms with Crippen LogP contribution in [0.2, 0.25) is 0 Å². The van der Waals surface area contributed by atoms with E-state index in [2.05, 4.69) is 31.2 Å². The molecule has 1 unspecified atom stereocenters. The Kier molecular flexibility index (Phi) is 5.67. The monoisotopic (exact) mass is 400 g/mol. The Bertz CT molecular complexity index is 926. The molecule has 3 N–H and O–H groups in total. The summed E-state index contributed by atoms with van der Waals surface area (Å²) in [5, 5.41) is 10.3. The number of amides is 2. The maximum Gasteiger partial charge on any atom is 0.262 e. The number of carbonyl (C=O) groups excluding carboxylic acids is 2. The zero-order valence-corrected chi connectivity index (χ0v) is 16.8. The molecule has 6 nitrogen and oxygen atoms in total. The number of aryl methyl sites for hydroxylation is 1. The predicted octanol–water partition coefficient (Wildman–Crippen LogP) is 1.81. The molecule has 0 aromatic heterocycles. The number of primary amides is 1. The number of nitrogens with zero attached hydrogens (tertiary/aromatic N) is 1. The van der Waals surface area contributed by atoms with Crippen LogP contribution in [0.5, 0.6) is 0 Å². The SMILES string of the molecule is CCc1ccc(-c2ccc3c(c2)CN(CC[C@](O)(C(N)=O)S(C)=O)C3=O)cc1. The highest BCUT2D eigenvalue weighted by Gasteiger charge is 2.40. The lowest BCUT2D eigenvalue weighted by Crippen LogP contribution is -2.49. The van der Waals surface area contributed by atoms with E-state index in [-0.39, 0.29) is 18.9 Å². The summed E-state index contributed by atoms with van der Waals surface area (Å²) in [4.78, 5) is 23.5. The molecule has 2 aromatic rings. The van der Waals surface area contributed by atoms with Crippen LogP contribution in [0.3, 0.4) is 0 Å². The van der Waals surface area contributed by atoms with Gasteiger partial charge in [-0.2, -0.15) is 0 Å². The lowest BCUT2D eigenvalue weighted by molar-refractivity contribution is -0.129. The maximum atomic E-state index is 12.6. The molecule has 0 fully saturated rings. The summed E-state index contributed by atoms with van der Waals surface area (Å²) >= 11 is 0. The van der Waals surface area contributed by atoms with Gasteiger partial charge in [0, 0.05) is 31.3 Å². The van der Waals surface area contributed by atoms with Gasteiger partial charge in [-0.05, 0) is 40.8 Å². The third-order valence-electron chi connectivity index (χ3n) is 5.26. The molecule has 7 heteroatoms. The Hall–Kier alpha value is -2.51. The van der Waals surface area contributed by atoms with Crippen LogP contribution >= 0.6 is 0 Å². The highest BCUT2D eigenvalue weighted by Crippen LogP contribution is 2.29. The fourth-order valence-electron chi connectivity index (χ4n) is 3.37. The van der Waals surface area contributed by atoms with Crippen LogP contribution in [0.4, 0.5) is 0 Å². The van der Waals surface area contributed by atoms with Crippen molar-refractivity contribution in [3.63, 3.8) is 0 Å². The molecule has 28 heavy (non-hydrogen) atoms. The van der Waals surface area contributed by atoms with E-state index < -0.39 is 21.6 Å². The van der Waals surface area contributed by atoms with E-state index in [9.17, 15) is 18.9 Å². The van der Waals surface area contributed by atoms with Gasteiger partial charge in [0.15, 0.2) is 0 Å². The van der Waals surface area contributed by atoms with Crippen LogP contribution in [-0.4, -0.2) is 43.8 Å². The fourth-order valence-corrected chi connectivity index (χ4v) is 4.03. The van der Waals surface area contributed by atoms with Gasteiger partial charge in [-0.1, -0.05) is 37.3 Å². The largest absolute Gasteiger partial charge is 0.369 e. The fraction of sp³-hybridized carbons (Fsp3) is 0.333. The Labute approximate surface area is 166 Å². The molecule has 0 spiro atoms. The highest BCUT2D eigenvalue weighted by atomic mass is 32.2. The first-order valence-electron chi connectivity index (χ1n) is 9.13. The van der Waals surface area contributed by atoms with Gasteiger partial charge >= 0.3 is 0 Å². The Morgan fingerprint density at radius 2 is 1.86 bits per heavy atom. The molecule has 0 saturated carbocycles. The van der Waals surface area contributed by atoms with Crippen LogP contribution in [0.25, 0.3) is 11.1 Å². The van der Waals surface area contributed by atoms with Gasteiger partial charge in [-0.25, -0.2) is 0 Å². The van der Waals surface area contributed by atoms with Crippen molar-refractivity contribution in [2.45, 2.75) is 31.2 Å². The Morgan fingerprint density at radius 3 is 2.43 bits per heavy atom. The molecule has 2 amide bonds. The molecule has 1 aliphatic heterocycles. The summed E-state index contributed by atoms with van der Waals surface area (Å²) in [6, 6.07) is 14.0. The van der Waals surface area contributed by atoms with Crippen molar-refractivity contribution in [2.75, 3.05) is 12.8 Å². The van der Waals surface area contributed by atoms with Crippen molar-refractivity contribution in [1.82, 2.24) is 4.90 Å². The minimum Gasteiger partial charge on any atom is -0.369 e. The summed E-state index contributed by atoms with van der Waals surface area (Å²) in [6.45, 7) is 2.57. The number of hydrogen-bond donors (Lipinski definition) is 2. The van der Waals surface area contributed by atoms with Gasteiger partial charge in [0.05, 0.1) is 10.8 Å². The number of benzene rings is 2. The van der Waals surface area contributed by atoms with Crippen molar-refractivity contribution in [2.24, 2.45) is 5.73 Å². The molecule has 1 heterocycles. The Morgan fingerprint density at radius 1 is 1.21 bits per heavy atom. The van der Waals surface area contributed by atoms with Crippen LogP contribution in [0.15, 0.2) is 42.5 Å². The second-order valence-electron chi connectivity index (χ2n) is 7.00. The minimum absolute atomic E-state index is 0.0903. The molecule has 2 aromatic carbocycles. The standard InChI is InChI=1S/C21H24N2O4S/c1-3-14-4-6-15(7-5-14)16-8-9-18-17(12-16)13-23(19(18)24)11-10-21(26,20(22)25)28(2)27/h4-9,12,26H,3,10-11,13H2,1-2H3,(H2,22,25)/t21-,28?/m1/s1. The summed E-state index contributed by atoms with van der Waals surface area (Å²) in [5.41, 5.74) is 10.1. The van der Waals surface area contributed by atoms with Gasteiger partial charge in [-0.3, -0.25) is 13.8 Å². The van der Waals surface area contributed by atoms with Gasteiger partial charge in [-0.15, -0.1) is 0 Å². The van der Waals surface area contributed by atoms with E-state index in [0.717, 1.165) is 23.1 Å². The molecular weight excluding hydrogens is 376 g/mol. The van der Waals surface area contributed by atoms with E-state index >= 15 is 0 Å². The van der Waals surface area contributed by atoms with E-state index in [0.29, 0.717) is 12.1 Å². The zero-order chi connectivity index (χ0) is 20.5. The molecule has 0 saturated heterocycles. The molecule has 3 rings (SSSR count). The van der Waals surface area contributed by atoms with Crippen molar-refractivity contribution < 1.29 is 18.9 Å². The lowest BCUT2D eigenvalue weighted by Gasteiger charge is -2.25. The number of rotatable bonds is 7. The van der Waals surface area contributed by atoms with E-state index in [1.807, 2.05) is 12.1 Å². The second-order valence-corrected chi connectivity index (χ2v) is 8.59. The molecule has 0 aliphatic carbocycles. The zero-order valence-electron chi connectivity index (χ0n) is 16.0.